The Balaban J connectivity index is 2.75. The first kappa shape index (κ1) is 13.2. The van der Waals surface area contributed by atoms with Gasteiger partial charge in [-0.25, -0.2) is 5.84 Å². The largest absolute Gasteiger partial charge is 0.479 e. The number of hydrogen-bond acceptors (Lipinski definition) is 3. The van der Waals surface area contributed by atoms with Crippen molar-refractivity contribution in [2.45, 2.75) is 25.9 Å². The van der Waals surface area contributed by atoms with Gasteiger partial charge in [0.15, 0.2) is 6.10 Å². The van der Waals surface area contributed by atoms with Gasteiger partial charge in [0.25, 0.3) is 5.91 Å². The van der Waals surface area contributed by atoms with E-state index in [0.29, 0.717) is 12.2 Å². The number of carbonyl (C=O) groups is 1. The van der Waals surface area contributed by atoms with Crippen molar-refractivity contribution in [2.24, 2.45) is 5.84 Å². The zero-order chi connectivity index (χ0) is 12.0. The molecule has 1 aromatic carbocycles. The maximum absolute atomic E-state index is 11.5. The van der Waals surface area contributed by atoms with Gasteiger partial charge in [0.05, 0.1) is 3.57 Å². The molecule has 16 heavy (non-hydrogen) atoms. The summed E-state index contributed by atoms with van der Waals surface area (Å²) in [7, 11) is 0. The second kappa shape index (κ2) is 6.70. The second-order valence-corrected chi connectivity index (χ2v) is 4.50. The van der Waals surface area contributed by atoms with Crippen LogP contribution in [-0.2, 0) is 4.79 Å². The summed E-state index contributed by atoms with van der Waals surface area (Å²) in [5.41, 5.74) is 2.12. The molecule has 5 heteroatoms. The topological polar surface area (TPSA) is 64.3 Å². The number of carbonyl (C=O) groups excluding carboxylic acids is 1. The van der Waals surface area contributed by atoms with Crippen molar-refractivity contribution in [3.05, 3.63) is 27.8 Å². The molecule has 0 saturated heterocycles. The molecule has 0 bridgehead atoms. The average molecular weight is 334 g/mol. The molecule has 0 aliphatic carbocycles. The first-order valence-corrected chi connectivity index (χ1v) is 6.18. The lowest BCUT2D eigenvalue weighted by atomic mass is 10.2. The number of nitrogens with two attached hydrogens (primary N) is 1. The predicted molar refractivity (Wildman–Crippen MR) is 70.8 cm³/mol. The molecule has 4 nitrogen and oxygen atoms in total. The fraction of sp³-hybridized carbons (Fsp3) is 0.364. The molecule has 1 rings (SSSR count). The molecule has 1 unspecified atom stereocenters. The molecule has 0 radical (unpaired) electrons. The molecule has 1 amide bonds. The van der Waals surface area contributed by atoms with Gasteiger partial charge in [0.1, 0.15) is 5.75 Å². The molecule has 3 N–H and O–H groups in total. The van der Waals surface area contributed by atoms with E-state index < -0.39 is 6.10 Å². The SMILES string of the molecule is CCCC(Oc1ccccc1I)C(=O)NN. The minimum Gasteiger partial charge on any atom is -0.479 e. The third-order valence-electron chi connectivity index (χ3n) is 2.09. The summed E-state index contributed by atoms with van der Waals surface area (Å²) in [6.45, 7) is 2.00. The molecule has 1 aromatic rings. The van der Waals surface area contributed by atoms with Gasteiger partial charge in [0, 0.05) is 0 Å². The van der Waals surface area contributed by atoms with Crippen LogP contribution in [0.25, 0.3) is 0 Å². The van der Waals surface area contributed by atoms with Gasteiger partial charge in [0.2, 0.25) is 0 Å². The highest BCUT2D eigenvalue weighted by atomic mass is 127. The van der Waals surface area contributed by atoms with Gasteiger partial charge in [-0.1, -0.05) is 25.5 Å². The third kappa shape index (κ3) is 3.64. The summed E-state index contributed by atoms with van der Waals surface area (Å²) in [4.78, 5) is 11.5. The van der Waals surface area contributed by atoms with Crippen LogP contribution in [0.1, 0.15) is 19.8 Å². The van der Waals surface area contributed by atoms with Crippen LogP contribution in [0.4, 0.5) is 0 Å². The maximum Gasteiger partial charge on any atom is 0.274 e. The summed E-state index contributed by atoms with van der Waals surface area (Å²) >= 11 is 2.17. The quantitative estimate of drug-likeness (QED) is 0.374. The molecule has 0 fully saturated rings. The highest BCUT2D eigenvalue weighted by molar-refractivity contribution is 14.1. The van der Waals surface area contributed by atoms with Crippen LogP contribution in [0.15, 0.2) is 24.3 Å². The van der Waals surface area contributed by atoms with E-state index in [1.165, 1.54) is 0 Å². The van der Waals surface area contributed by atoms with Crippen LogP contribution in [0.5, 0.6) is 5.75 Å². The van der Waals surface area contributed by atoms with Crippen molar-refractivity contribution >= 4 is 28.5 Å². The van der Waals surface area contributed by atoms with Gasteiger partial charge in [-0.2, -0.15) is 0 Å². The highest BCUT2D eigenvalue weighted by Gasteiger charge is 2.19. The highest BCUT2D eigenvalue weighted by Crippen LogP contribution is 2.21. The Morgan fingerprint density at radius 1 is 1.56 bits per heavy atom. The Bertz CT molecular complexity index is 358. The van der Waals surface area contributed by atoms with Crippen molar-refractivity contribution < 1.29 is 9.53 Å². The summed E-state index contributed by atoms with van der Waals surface area (Å²) in [6.07, 6.45) is 0.987. The van der Waals surface area contributed by atoms with E-state index in [0.717, 1.165) is 9.99 Å². The van der Waals surface area contributed by atoms with Crippen molar-refractivity contribution in [3.63, 3.8) is 0 Å². The van der Waals surface area contributed by atoms with Crippen LogP contribution in [0.2, 0.25) is 0 Å². The second-order valence-electron chi connectivity index (χ2n) is 3.33. The van der Waals surface area contributed by atoms with E-state index in [-0.39, 0.29) is 5.91 Å². The minimum absolute atomic E-state index is 0.290. The van der Waals surface area contributed by atoms with E-state index >= 15 is 0 Å². The standard InChI is InChI=1S/C11H15IN2O2/c1-2-5-10(11(15)14-13)16-9-7-4-3-6-8(9)12/h3-4,6-7,10H,2,5,13H2,1H3,(H,14,15). The number of hydrogen-bond donors (Lipinski definition) is 2. The van der Waals surface area contributed by atoms with Crippen molar-refractivity contribution in [1.82, 2.24) is 5.43 Å². The first-order valence-electron chi connectivity index (χ1n) is 5.10. The Morgan fingerprint density at radius 3 is 2.81 bits per heavy atom. The number of para-hydroxylation sites is 1. The zero-order valence-electron chi connectivity index (χ0n) is 9.07. The molecule has 0 aromatic heterocycles. The number of hydrazine groups is 1. The van der Waals surface area contributed by atoms with Gasteiger partial charge < -0.3 is 4.74 Å². The number of halogens is 1. The molecular weight excluding hydrogens is 319 g/mol. The Labute approximate surface area is 109 Å². The van der Waals surface area contributed by atoms with Crippen molar-refractivity contribution in [1.29, 1.82) is 0 Å². The van der Waals surface area contributed by atoms with Gasteiger partial charge in [-0.15, -0.1) is 0 Å². The van der Waals surface area contributed by atoms with Crippen LogP contribution in [0.3, 0.4) is 0 Å². The fourth-order valence-electron chi connectivity index (χ4n) is 1.29. The van der Waals surface area contributed by atoms with Crippen LogP contribution in [0, 0.1) is 3.57 Å². The van der Waals surface area contributed by atoms with Gasteiger partial charge in [-0.05, 0) is 41.1 Å². The van der Waals surface area contributed by atoms with Crippen LogP contribution >= 0.6 is 22.6 Å². The molecular formula is C11H15IN2O2. The predicted octanol–water partition coefficient (Wildman–Crippen LogP) is 1.83. The normalized spacial score (nSPS) is 11.9. The number of amides is 1. The van der Waals surface area contributed by atoms with Crippen LogP contribution in [-0.4, -0.2) is 12.0 Å². The molecule has 0 spiro atoms. The smallest absolute Gasteiger partial charge is 0.274 e. The fourth-order valence-corrected chi connectivity index (χ4v) is 1.81. The summed E-state index contributed by atoms with van der Waals surface area (Å²) in [5, 5.41) is 0. The minimum atomic E-state index is -0.522. The van der Waals surface area contributed by atoms with Crippen molar-refractivity contribution in [2.75, 3.05) is 0 Å². The van der Waals surface area contributed by atoms with E-state index in [9.17, 15) is 4.79 Å². The summed E-state index contributed by atoms with van der Waals surface area (Å²) < 4.78 is 6.62. The Kier molecular flexibility index (Phi) is 5.54. The van der Waals surface area contributed by atoms with Crippen LogP contribution < -0.4 is 16.0 Å². The number of nitrogens with one attached hydrogen (secondary N) is 1. The van der Waals surface area contributed by atoms with E-state index in [2.05, 4.69) is 28.0 Å². The number of benzene rings is 1. The monoisotopic (exact) mass is 334 g/mol. The van der Waals surface area contributed by atoms with Gasteiger partial charge in [-0.3, -0.25) is 10.2 Å². The lowest BCUT2D eigenvalue weighted by Gasteiger charge is -2.17. The number of ether oxygens (including phenoxy) is 1. The molecule has 88 valence electrons. The maximum atomic E-state index is 11.5. The average Bonchev–Trinajstić information content (AvgIpc) is 2.30. The van der Waals surface area contributed by atoms with E-state index in [1.54, 1.807) is 0 Å². The Morgan fingerprint density at radius 2 is 2.25 bits per heavy atom. The lowest BCUT2D eigenvalue weighted by Crippen LogP contribution is -2.42. The van der Waals surface area contributed by atoms with Gasteiger partial charge >= 0.3 is 0 Å². The molecule has 0 aliphatic rings. The molecule has 0 saturated carbocycles. The van der Waals surface area contributed by atoms with E-state index in [4.69, 9.17) is 10.6 Å². The lowest BCUT2D eigenvalue weighted by molar-refractivity contribution is -0.128. The molecule has 1 atom stereocenters. The molecule has 0 heterocycles. The summed E-state index contributed by atoms with van der Waals surface area (Å²) in [5.74, 6) is 5.54. The summed E-state index contributed by atoms with van der Waals surface area (Å²) in [6, 6.07) is 7.57. The van der Waals surface area contributed by atoms with E-state index in [1.807, 2.05) is 31.2 Å². The number of rotatable bonds is 5. The first-order chi connectivity index (χ1) is 7.69. The van der Waals surface area contributed by atoms with Crippen molar-refractivity contribution in [3.8, 4) is 5.75 Å². The zero-order valence-corrected chi connectivity index (χ0v) is 11.2. The third-order valence-corrected chi connectivity index (χ3v) is 2.98. The molecule has 0 aliphatic heterocycles. The Hall–Kier alpha value is -0.820.